The Morgan fingerprint density at radius 2 is 1.85 bits per heavy atom. The molecule has 1 aromatic carbocycles. The Hall–Kier alpha value is -2.76. The van der Waals surface area contributed by atoms with Gasteiger partial charge in [0.15, 0.2) is 0 Å². The summed E-state index contributed by atoms with van der Waals surface area (Å²) < 4.78 is 31.6. The van der Waals surface area contributed by atoms with Gasteiger partial charge in [-0.3, -0.25) is 18.9 Å². The quantitative estimate of drug-likeness (QED) is 0.0799. The third-order valence-electron chi connectivity index (χ3n) is 4.48. The summed E-state index contributed by atoms with van der Waals surface area (Å²) in [6.45, 7) is 0.182. The predicted octanol–water partition coefficient (Wildman–Crippen LogP) is -2.05. The molecule has 1 fully saturated rings. The van der Waals surface area contributed by atoms with Gasteiger partial charge in [0.25, 0.3) is 27.8 Å². The molecule has 1 aliphatic rings. The number of amides is 3. The molecule has 0 unspecified atom stereocenters. The van der Waals surface area contributed by atoms with Crippen molar-refractivity contribution in [2.75, 3.05) is 6.54 Å². The van der Waals surface area contributed by atoms with Gasteiger partial charge in [0.1, 0.15) is 22.3 Å². The SMILES string of the molecule is N#CC(=Cc1ccc(O)c(S(=O)(=O)O)c1)C(=O)NCCCCCC(=O)ON1C(=O)CCC1=O.[H-].[Na+]. The van der Waals surface area contributed by atoms with E-state index in [1.165, 1.54) is 6.07 Å². The first-order chi connectivity index (χ1) is 15.5. The molecule has 1 saturated heterocycles. The van der Waals surface area contributed by atoms with Crippen molar-refractivity contribution in [1.29, 1.82) is 5.26 Å². The Labute approximate surface area is 219 Å². The van der Waals surface area contributed by atoms with Crippen LogP contribution in [0.15, 0.2) is 28.7 Å². The number of carbonyl (C=O) groups is 4. The predicted molar refractivity (Wildman–Crippen MR) is 111 cm³/mol. The van der Waals surface area contributed by atoms with Crippen molar-refractivity contribution in [1.82, 2.24) is 10.4 Å². The molecule has 178 valence electrons. The van der Waals surface area contributed by atoms with E-state index in [-0.39, 0.29) is 67.9 Å². The molecule has 0 atom stereocenters. The monoisotopic (exact) mass is 503 g/mol. The fourth-order valence-corrected chi connectivity index (χ4v) is 3.43. The number of imide groups is 1. The van der Waals surface area contributed by atoms with Crippen LogP contribution in [0.5, 0.6) is 5.75 Å². The van der Waals surface area contributed by atoms with Crippen LogP contribution in [-0.2, 0) is 34.1 Å². The van der Waals surface area contributed by atoms with E-state index >= 15 is 0 Å². The molecular weight excluding hydrogens is 481 g/mol. The summed E-state index contributed by atoms with van der Waals surface area (Å²) >= 11 is 0. The standard InChI is InChI=1S/C20H21N3O9S.Na.H/c21-12-14(10-13-5-6-15(24)16(11-13)33(29,30)31)20(28)22-9-3-1-2-4-19(27)32-23-17(25)7-8-18(23)26;;/h5-6,10-11,24H,1-4,7-9H2,(H,22,28)(H,29,30,31);;/q;+1;-1. The van der Waals surface area contributed by atoms with Crippen molar-refractivity contribution in [3.05, 3.63) is 29.3 Å². The number of hydrogen-bond acceptors (Lipinski definition) is 9. The maximum Gasteiger partial charge on any atom is 1.00 e. The molecule has 0 saturated carbocycles. The van der Waals surface area contributed by atoms with E-state index in [0.29, 0.717) is 24.3 Å². The number of hydroxylamine groups is 2. The van der Waals surface area contributed by atoms with Crippen LogP contribution in [0.3, 0.4) is 0 Å². The number of nitrogens with one attached hydrogen (secondary N) is 1. The first-order valence-electron chi connectivity index (χ1n) is 9.80. The van der Waals surface area contributed by atoms with Gasteiger partial charge in [0, 0.05) is 25.8 Å². The van der Waals surface area contributed by atoms with Gasteiger partial charge in [0.05, 0.1) is 0 Å². The zero-order valence-corrected chi connectivity index (χ0v) is 21.1. The van der Waals surface area contributed by atoms with Gasteiger partial charge in [-0.05, 0) is 36.6 Å². The molecule has 1 aromatic rings. The van der Waals surface area contributed by atoms with Crippen molar-refractivity contribution < 1.29 is 73.1 Å². The maximum atomic E-state index is 12.2. The maximum absolute atomic E-state index is 12.2. The normalized spacial score (nSPS) is 13.8. The number of benzene rings is 1. The van der Waals surface area contributed by atoms with Crippen molar-refractivity contribution in [2.45, 2.75) is 43.4 Å². The molecule has 0 radical (unpaired) electrons. The van der Waals surface area contributed by atoms with Gasteiger partial charge in [-0.15, -0.1) is 5.06 Å². The Bertz CT molecular complexity index is 1130. The Kier molecular flexibility index (Phi) is 11.4. The van der Waals surface area contributed by atoms with Crippen LogP contribution >= 0.6 is 0 Å². The summed E-state index contributed by atoms with van der Waals surface area (Å²) in [5.74, 6) is -3.22. The second kappa shape index (κ2) is 13.2. The zero-order valence-electron chi connectivity index (χ0n) is 19.3. The second-order valence-corrected chi connectivity index (χ2v) is 8.37. The minimum Gasteiger partial charge on any atom is -1.00 e. The van der Waals surface area contributed by atoms with E-state index in [0.717, 1.165) is 18.2 Å². The molecular formula is C20H22N3NaO9S. The number of phenolic OH excluding ortho intramolecular Hbond substituents is 1. The molecule has 1 aliphatic heterocycles. The van der Waals surface area contributed by atoms with Crippen LogP contribution in [0.1, 0.15) is 45.5 Å². The van der Waals surface area contributed by atoms with Gasteiger partial charge in [-0.2, -0.15) is 13.7 Å². The van der Waals surface area contributed by atoms with E-state index in [1.807, 2.05) is 0 Å². The largest absolute Gasteiger partial charge is 1.00 e. The molecule has 0 aliphatic carbocycles. The van der Waals surface area contributed by atoms with Gasteiger partial charge >= 0.3 is 35.5 Å². The molecule has 12 nitrogen and oxygen atoms in total. The van der Waals surface area contributed by atoms with E-state index in [1.54, 1.807) is 6.07 Å². The van der Waals surface area contributed by atoms with E-state index in [2.05, 4.69) is 5.32 Å². The van der Waals surface area contributed by atoms with Crippen LogP contribution in [-0.4, -0.2) is 53.4 Å². The van der Waals surface area contributed by atoms with Crippen LogP contribution in [0.2, 0.25) is 0 Å². The molecule has 34 heavy (non-hydrogen) atoms. The first kappa shape index (κ1) is 29.3. The second-order valence-electron chi connectivity index (χ2n) is 6.98. The van der Waals surface area contributed by atoms with E-state index < -0.39 is 44.5 Å². The minimum atomic E-state index is -4.69. The number of unbranched alkanes of at least 4 members (excludes halogenated alkanes) is 2. The smallest absolute Gasteiger partial charge is 1.00 e. The van der Waals surface area contributed by atoms with Crippen molar-refractivity contribution in [3.63, 3.8) is 0 Å². The zero-order chi connectivity index (χ0) is 24.6. The molecule has 0 aromatic heterocycles. The number of phenols is 1. The third kappa shape index (κ3) is 8.54. The Morgan fingerprint density at radius 3 is 2.44 bits per heavy atom. The van der Waals surface area contributed by atoms with Crippen molar-refractivity contribution in [3.8, 4) is 11.8 Å². The molecule has 3 N–H and O–H groups in total. The Balaban J connectivity index is 0.00000578. The summed E-state index contributed by atoms with van der Waals surface area (Å²) in [6.07, 6.45) is 2.46. The van der Waals surface area contributed by atoms with Gasteiger partial charge in [0.2, 0.25) is 0 Å². The van der Waals surface area contributed by atoms with Crippen LogP contribution in [0, 0.1) is 11.3 Å². The molecule has 3 amide bonds. The molecule has 2 rings (SSSR count). The number of nitriles is 1. The number of nitrogens with zero attached hydrogens (tertiary/aromatic N) is 2. The average Bonchev–Trinajstić information content (AvgIpc) is 3.06. The summed E-state index contributed by atoms with van der Waals surface area (Å²) in [5, 5.41) is 21.7. The van der Waals surface area contributed by atoms with Gasteiger partial charge in [-0.1, -0.05) is 12.5 Å². The molecule has 0 bridgehead atoms. The summed E-state index contributed by atoms with van der Waals surface area (Å²) in [5.41, 5.74) is -0.230. The number of rotatable bonds is 10. The summed E-state index contributed by atoms with van der Waals surface area (Å²) in [7, 11) is -4.69. The van der Waals surface area contributed by atoms with Crippen LogP contribution in [0.4, 0.5) is 0 Å². The first-order valence-corrected chi connectivity index (χ1v) is 11.2. The average molecular weight is 503 g/mol. The van der Waals surface area contributed by atoms with E-state index in [4.69, 9.17) is 9.39 Å². The molecule has 0 spiro atoms. The third-order valence-corrected chi connectivity index (χ3v) is 5.36. The summed E-state index contributed by atoms with van der Waals surface area (Å²) in [4.78, 5) is 50.6. The number of carbonyl (C=O) groups excluding carboxylic acids is 4. The summed E-state index contributed by atoms with van der Waals surface area (Å²) in [6, 6.07) is 4.86. The van der Waals surface area contributed by atoms with Gasteiger partial charge in [-0.25, -0.2) is 4.79 Å². The fraction of sp³-hybridized carbons (Fsp3) is 0.350. The van der Waals surface area contributed by atoms with E-state index in [9.17, 15) is 38.0 Å². The number of aromatic hydroxyl groups is 1. The van der Waals surface area contributed by atoms with Crippen LogP contribution < -0.4 is 34.9 Å². The molecule has 1 heterocycles. The Morgan fingerprint density at radius 1 is 1.21 bits per heavy atom. The number of hydrogen-bond donors (Lipinski definition) is 3. The van der Waals surface area contributed by atoms with Crippen LogP contribution in [0.25, 0.3) is 6.08 Å². The van der Waals surface area contributed by atoms with Crippen molar-refractivity contribution in [2.24, 2.45) is 0 Å². The topological polar surface area (TPSA) is 191 Å². The van der Waals surface area contributed by atoms with Crippen molar-refractivity contribution >= 4 is 39.9 Å². The molecule has 14 heteroatoms. The fourth-order valence-electron chi connectivity index (χ4n) is 2.82. The minimum absolute atomic E-state index is 0. The van der Waals surface area contributed by atoms with Gasteiger partial charge < -0.3 is 16.7 Å².